The number of carbonyl (C=O) groups excluding carboxylic acids is 1. The minimum atomic E-state index is -0.182. The summed E-state index contributed by atoms with van der Waals surface area (Å²) in [5.74, 6) is 0.141. The van der Waals surface area contributed by atoms with Crippen LogP contribution in [0.25, 0.3) is 0 Å². The first kappa shape index (κ1) is 16.8. The van der Waals surface area contributed by atoms with Crippen molar-refractivity contribution in [3.63, 3.8) is 0 Å². The van der Waals surface area contributed by atoms with Crippen molar-refractivity contribution in [1.82, 2.24) is 21.7 Å². The molecule has 1 aliphatic heterocycles. The van der Waals surface area contributed by atoms with Crippen molar-refractivity contribution in [2.24, 2.45) is 0 Å². The lowest BCUT2D eigenvalue weighted by molar-refractivity contribution is -0.121. The van der Waals surface area contributed by atoms with Gasteiger partial charge in [-0.2, -0.15) is 5.53 Å². The fourth-order valence-electron chi connectivity index (χ4n) is 3.19. The molecule has 1 saturated carbocycles. The molecule has 126 valence electrons. The van der Waals surface area contributed by atoms with E-state index >= 15 is 0 Å². The molecule has 0 bridgehead atoms. The predicted octanol–water partition coefficient (Wildman–Crippen LogP) is 2.24. The second kappa shape index (κ2) is 8.68. The number of nitrogens with one attached hydrogen (secondary N) is 4. The van der Waals surface area contributed by atoms with E-state index in [0.29, 0.717) is 6.04 Å². The van der Waals surface area contributed by atoms with E-state index in [2.05, 4.69) is 21.7 Å². The Hall–Kier alpha value is -1.08. The normalized spacial score (nSPS) is 24.1. The van der Waals surface area contributed by atoms with Crippen molar-refractivity contribution < 1.29 is 4.79 Å². The van der Waals surface area contributed by atoms with Crippen LogP contribution in [0.4, 0.5) is 0 Å². The van der Waals surface area contributed by atoms with E-state index in [1.54, 1.807) is 11.8 Å². The Kier molecular flexibility index (Phi) is 6.33. The Morgan fingerprint density at radius 3 is 2.52 bits per heavy atom. The zero-order chi connectivity index (χ0) is 15.9. The van der Waals surface area contributed by atoms with Crippen LogP contribution in [-0.2, 0) is 4.79 Å². The Morgan fingerprint density at radius 1 is 1.13 bits per heavy atom. The fourth-order valence-corrected chi connectivity index (χ4v) is 4.33. The highest BCUT2D eigenvalue weighted by Crippen LogP contribution is 2.32. The van der Waals surface area contributed by atoms with Crippen LogP contribution < -0.4 is 21.7 Å². The quantitative estimate of drug-likeness (QED) is 0.622. The van der Waals surface area contributed by atoms with Crippen molar-refractivity contribution in [2.45, 2.75) is 55.2 Å². The predicted molar refractivity (Wildman–Crippen MR) is 94.5 cm³/mol. The van der Waals surface area contributed by atoms with E-state index in [9.17, 15) is 4.79 Å². The third-order valence-electron chi connectivity index (χ3n) is 4.45. The molecule has 1 aromatic carbocycles. The largest absolute Gasteiger partial charge is 0.352 e. The number of benzene rings is 1. The SMILES string of the molecule is O=C(NC1CCCCCC1)C(SC1CNNN1)c1ccccc1. The van der Waals surface area contributed by atoms with Gasteiger partial charge in [0.1, 0.15) is 5.25 Å². The summed E-state index contributed by atoms with van der Waals surface area (Å²) in [6, 6.07) is 10.4. The van der Waals surface area contributed by atoms with Gasteiger partial charge in [0.25, 0.3) is 0 Å². The van der Waals surface area contributed by atoms with Gasteiger partial charge in [-0.3, -0.25) is 4.79 Å². The molecule has 0 aromatic heterocycles. The van der Waals surface area contributed by atoms with Crippen molar-refractivity contribution in [2.75, 3.05) is 6.54 Å². The molecule has 4 N–H and O–H groups in total. The highest BCUT2D eigenvalue weighted by Gasteiger charge is 2.28. The van der Waals surface area contributed by atoms with Crippen LogP contribution in [0.2, 0.25) is 0 Å². The number of rotatable bonds is 5. The van der Waals surface area contributed by atoms with Crippen LogP contribution in [0.15, 0.2) is 30.3 Å². The zero-order valence-corrected chi connectivity index (χ0v) is 14.2. The molecule has 23 heavy (non-hydrogen) atoms. The van der Waals surface area contributed by atoms with Crippen molar-refractivity contribution in [3.8, 4) is 0 Å². The van der Waals surface area contributed by atoms with E-state index < -0.39 is 0 Å². The van der Waals surface area contributed by atoms with Crippen LogP contribution in [0.5, 0.6) is 0 Å². The van der Waals surface area contributed by atoms with Gasteiger partial charge in [-0.25, -0.2) is 10.9 Å². The lowest BCUT2D eigenvalue weighted by Gasteiger charge is -2.23. The number of thioether (sulfide) groups is 1. The molecular formula is C17H26N4OS. The molecule has 3 rings (SSSR count). The van der Waals surface area contributed by atoms with Gasteiger partial charge in [0.15, 0.2) is 0 Å². The second-order valence-corrected chi connectivity index (χ2v) is 7.58. The molecule has 0 radical (unpaired) electrons. The van der Waals surface area contributed by atoms with Gasteiger partial charge < -0.3 is 5.32 Å². The molecule has 2 aliphatic rings. The number of hydrazine groups is 2. The van der Waals surface area contributed by atoms with Crippen molar-refractivity contribution in [1.29, 1.82) is 0 Å². The molecule has 5 nitrogen and oxygen atoms in total. The Balaban J connectivity index is 1.67. The fraction of sp³-hybridized carbons (Fsp3) is 0.588. The van der Waals surface area contributed by atoms with Gasteiger partial charge in [-0.05, 0) is 18.4 Å². The maximum Gasteiger partial charge on any atom is 0.237 e. The first-order valence-corrected chi connectivity index (χ1v) is 9.51. The average molecular weight is 334 g/mol. The van der Waals surface area contributed by atoms with Crippen LogP contribution >= 0.6 is 11.8 Å². The van der Waals surface area contributed by atoms with E-state index in [-0.39, 0.29) is 16.5 Å². The van der Waals surface area contributed by atoms with E-state index in [0.717, 1.165) is 24.9 Å². The smallest absolute Gasteiger partial charge is 0.237 e. The molecule has 6 heteroatoms. The zero-order valence-electron chi connectivity index (χ0n) is 13.4. The molecule has 2 unspecified atom stereocenters. The lowest BCUT2D eigenvalue weighted by atomic mass is 10.1. The minimum absolute atomic E-state index is 0.141. The molecule has 1 amide bonds. The summed E-state index contributed by atoms with van der Waals surface area (Å²) in [6.07, 6.45) is 7.28. The Bertz CT molecular complexity index is 485. The third kappa shape index (κ3) is 4.94. The van der Waals surface area contributed by atoms with Gasteiger partial charge in [0, 0.05) is 12.6 Å². The van der Waals surface area contributed by atoms with Crippen molar-refractivity contribution in [3.05, 3.63) is 35.9 Å². The van der Waals surface area contributed by atoms with E-state index in [1.165, 1.54) is 25.7 Å². The number of amides is 1. The second-order valence-electron chi connectivity index (χ2n) is 6.26. The van der Waals surface area contributed by atoms with Gasteiger partial charge in [0.2, 0.25) is 5.91 Å². The monoisotopic (exact) mass is 334 g/mol. The lowest BCUT2D eigenvalue weighted by Crippen LogP contribution is -2.38. The number of carbonyl (C=O) groups is 1. The van der Waals surface area contributed by atoms with Crippen LogP contribution in [-0.4, -0.2) is 23.9 Å². The molecule has 2 fully saturated rings. The summed E-state index contributed by atoms with van der Waals surface area (Å²) in [7, 11) is 0. The summed E-state index contributed by atoms with van der Waals surface area (Å²) in [4.78, 5) is 12.9. The third-order valence-corrected chi connectivity index (χ3v) is 5.82. The maximum absolute atomic E-state index is 12.9. The summed E-state index contributed by atoms with van der Waals surface area (Å²) in [6.45, 7) is 0.796. The summed E-state index contributed by atoms with van der Waals surface area (Å²) < 4.78 is 0. The Morgan fingerprint density at radius 2 is 1.87 bits per heavy atom. The molecular weight excluding hydrogens is 308 g/mol. The van der Waals surface area contributed by atoms with Crippen LogP contribution in [0.3, 0.4) is 0 Å². The minimum Gasteiger partial charge on any atom is -0.352 e. The van der Waals surface area contributed by atoms with Gasteiger partial charge in [-0.15, -0.1) is 11.8 Å². The van der Waals surface area contributed by atoms with E-state index in [1.807, 2.05) is 30.3 Å². The topological polar surface area (TPSA) is 65.2 Å². The summed E-state index contributed by atoms with van der Waals surface area (Å²) in [5.41, 5.74) is 10.2. The van der Waals surface area contributed by atoms with Gasteiger partial charge in [0.05, 0.1) is 5.37 Å². The van der Waals surface area contributed by atoms with Crippen LogP contribution in [0, 0.1) is 0 Å². The molecule has 1 aromatic rings. The average Bonchev–Trinajstić information content (AvgIpc) is 2.97. The number of hydrogen-bond acceptors (Lipinski definition) is 5. The van der Waals surface area contributed by atoms with Gasteiger partial charge in [-0.1, -0.05) is 56.0 Å². The summed E-state index contributed by atoms with van der Waals surface area (Å²) in [5, 5.41) is 3.30. The Labute approximate surface area is 142 Å². The molecule has 1 aliphatic carbocycles. The van der Waals surface area contributed by atoms with E-state index in [4.69, 9.17) is 0 Å². The number of hydrogen-bond donors (Lipinski definition) is 4. The molecule has 1 heterocycles. The van der Waals surface area contributed by atoms with Crippen LogP contribution in [0.1, 0.15) is 49.3 Å². The summed E-state index contributed by atoms with van der Waals surface area (Å²) >= 11 is 1.66. The highest BCUT2D eigenvalue weighted by atomic mass is 32.2. The first-order chi connectivity index (χ1) is 11.3. The molecule has 1 saturated heterocycles. The highest BCUT2D eigenvalue weighted by molar-refractivity contribution is 8.00. The van der Waals surface area contributed by atoms with Crippen molar-refractivity contribution >= 4 is 17.7 Å². The van der Waals surface area contributed by atoms with Gasteiger partial charge >= 0.3 is 0 Å². The molecule has 2 atom stereocenters. The first-order valence-electron chi connectivity index (χ1n) is 8.57. The maximum atomic E-state index is 12.9. The molecule has 0 spiro atoms. The standard InChI is InChI=1S/C17H26N4OS/c22-17(19-14-10-6-1-2-7-11-14)16(13-8-4-3-5-9-13)23-15-12-18-21-20-15/h3-5,8-9,14-16,18,20-21H,1-2,6-7,10-12H2,(H,19,22).